The second kappa shape index (κ2) is 7.24. The Morgan fingerprint density at radius 2 is 2.20 bits per heavy atom. The smallest absolute Gasteiger partial charge is 0.256 e. The lowest BCUT2D eigenvalue weighted by molar-refractivity contribution is -0.117. The fourth-order valence-electron chi connectivity index (χ4n) is 2.24. The molecule has 0 radical (unpaired) electrons. The molecule has 3 heterocycles. The number of rotatable bonds is 5. The van der Waals surface area contributed by atoms with Crippen molar-refractivity contribution in [3.8, 4) is 5.75 Å². The first-order chi connectivity index (χ1) is 11.9. The number of fused-ring (bicyclic) bond motifs is 1. The van der Waals surface area contributed by atoms with Gasteiger partial charge in [-0.25, -0.2) is 8.42 Å². The summed E-state index contributed by atoms with van der Waals surface area (Å²) in [5.41, 5.74) is 0.419. The quantitative estimate of drug-likeness (QED) is 0.753. The van der Waals surface area contributed by atoms with Crippen LogP contribution in [0, 0.1) is 0 Å². The molecule has 3 rings (SSSR count). The third-order valence-electron chi connectivity index (χ3n) is 3.42. The van der Waals surface area contributed by atoms with E-state index in [1.54, 1.807) is 17.2 Å². The molecule has 0 fully saturated rings. The molecule has 0 spiro atoms. The highest BCUT2D eigenvalue weighted by Gasteiger charge is 2.24. The van der Waals surface area contributed by atoms with E-state index in [-0.39, 0.29) is 24.8 Å². The van der Waals surface area contributed by atoms with Crippen LogP contribution in [0.25, 0.3) is 0 Å². The van der Waals surface area contributed by atoms with Gasteiger partial charge in [-0.3, -0.25) is 9.78 Å². The molecule has 1 aromatic heterocycles. The van der Waals surface area contributed by atoms with Crippen LogP contribution >= 0.6 is 11.6 Å². The minimum Gasteiger partial charge on any atom is -0.490 e. The number of halogens is 1. The van der Waals surface area contributed by atoms with E-state index in [9.17, 15) is 13.2 Å². The van der Waals surface area contributed by atoms with Crippen molar-refractivity contribution in [1.82, 2.24) is 15.2 Å². The van der Waals surface area contributed by atoms with Crippen LogP contribution in [-0.2, 0) is 14.8 Å². The third-order valence-corrected chi connectivity index (χ3v) is 4.79. The maximum absolute atomic E-state index is 12.2. The zero-order valence-electron chi connectivity index (χ0n) is 13.1. The number of ether oxygens (including phenoxy) is 1. The first-order valence-corrected chi connectivity index (χ1v) is 9.42. The number of nitrogens with zero attached hydrogens (tertiary/aromatic N) is 3. The molecule has 10 heteroatoms. The number of nitrogens with one attached hydrogen (secondary N) is 1. The number of carbonyl (C=O) groups is 1. The van der Waals surface area contributed by atoms with E-state index in [0.717, 1.165) is 0 Å². The number of carbonyl (C=O) groups excluding carboxylic acids is 1. The van der Waals surface area contributed by atoms with Gasteiger partial charge in [0.15, 0.2) is 0 Å². The predicted molar refractivity (Wildman–Crippen MR) is 92.9 cm³/mol. The molecule has 0 saturated carbocycles. The highest BCUT2D eigenvalue weighted by Crippen LogP contribution is 2.16. The first kappa shape index (κ1) is 17.4. The molecule has 0 atom stereocenters. The number of hydrogen-bond donors (Lipinski definition) is 1. The molecule has 8 nitrogen and oxygen atoms in total. The van der Waals surface area contributed by atoms with Crippen molar-refractivity contribution in [2.24, 2.45) is 4.40 Å². The lowest BCUT2D eigenvalue weighted by atomic mass is 10.2. The van der Waals surface area contributed by atoms with Gasteiger partial charge < -0.3 is 15.0 Å². The van der Waals surface area contributed by atoms with Crippen molar-refractivity contribution in [1.29, 1.82) is 0 Å². The number of amidine groups is 1. The highest BCUT2D eigenvalue weighted by molar-refractivity contribution is 7.90. The van der Waals surface area contributed by atoms with E-state index in [1.807, 2.05) is 0 Å². The van der Waals surface area contributed by atoms with Gasteiger partial charge in [0.25, 0.3) is 15.9 Å². The van der Waals surface area contributed by atoms with Crippen LogP contribution in [0.4, 0.5) is 0 Å². The number of pyridine rings is 1. The van der Waals surface area contributed by atoms with Gasteiger partial charge in [0.1, 0.15) is 18.2 Å². The Hall–Kier alpha value is -2.39. The van der Waals surface area contributed by atoms with Gasteiger partial charge in [-0.15, -0.1) is 4.40 Å². The summed E-state index contributed by atoms with van der Waals surface area (Å²) in [6, 6.07) is 1.63. The molecule has 1 aromatic rings. The Kier molecular flexibility index (Phi) is 5.05. The van der Waals surface area contributed by atoms with E-state index < -0.39 is 10.0 Å². The molecule has 0 bridgehead atoms. The molecule has 132 valence electrons. The van der Waals surface area contributed by atoms with Gasteiger partial charge in [-0.2, -0.15) is 0 Å². The van der Waals surface area contributed by atoms with Crippen molar-refractivity contribution in [3.63, 3.8) is 0 Å². The van der Waals surface area contributed by atoms with Crippen molar-refractivity contribution in [2.45, 2.75) is 0 Å². The fourth-order valence-corrected chi connectivity index (χ4v) is 3.38. The normalized spacial score (nSPS) is 18.0. The molecule has 1 N–H and O–H groups in total. The highest BCUT2D eigenvalue weighted by atomic mass is 35.5. The Morgan fingerprint density at radius 3 is 3.00 bits per heavy atom. The average molecular weight is 383 g/mol. The summed E-state index contributed by atoms with van der Waals surface area (Å²) in [5, 5.41) is 3.20. The van der Waals surface area contributed by atoms with Crippen LogP contribution in [0.2, 0.25) is 5.02 Å². The van der Waals surface area contributed by atoms with E-state index in [1.165, 1.54) is 24.5 Å². The van der Waals surface area contributed by atoms with Crippen molar-refractivity contribution >= 4 is 33.4 Å². The third kappa shape index (κ3) is 4.58. The van der Waals surface area contributed by atoms with E-state index in [4.69, 9.17) is 16.3 Å². The summed E-state index contributed by atoms with van der Waals surface area (Å²) < 4.78 is 32.0. The molecule has 0 aromatic carbocycles. The SMILES string of the molecule is O=C(NCCOc1cncc(Cl)c1)C1=CN2CCS(=O)(=O)N=C2C=C1. The average Bonchev–Trinajstić information content (AvgIpc) is 2.57. The molecule has 2 aliphatic rings. The lowest BCUT2D eigenvalue weighted by Gasteiger charge is -2.26. The summed E-state index contributed by atoms with van der Waals surface area (Å²) in [7, 11) is -3.40. The van der Waals surface area contributed by atoms with Crippen LogP contribution in [-0.4, -0.2) is 55.5 Å². The van der Waals surface area contributed by atoms with Crippen molar-refractivity contribution in [3.05, 3.63) is 47.4 Å². The summed E-state index contributed by atoms with van der Waals surface area (Å²) >= 11 is 5.80. The Morgan fingerprint density at radius 1 is 1.36 bits per heavy atom. The lowest BCUT2D eigenvalue weighted by Crippen LogP contribution is -2.38. The van der Waals surface area contributed by atoms with Crippen LogP contribution < -0.4 is 10.1 Å². The van der Waals surface area contributed by atoms with E-state index in [0.29, 0.717) is 28.7 Å². The Labute approximate surface area is 149 Å². The molecule has 25 heavy (non-hydrogen) atoms. The van der Waals surface area contributed by atoms with Crippen LogP contribution in [0.5, 0.6) is 5.75 Å². The monoisotopic (exact) mass is 382 g/mol. The minimum atomic E-state index is -3.40. The van der Waals surface area contributed by atoms with Gasteiger partial charge in [-0.1, -0.05) is 11.6 Å². The van der Waals surface area contributed by atoms with Gasteiger partial charge in [0, 0.05) is 25.0 Å². The first-order valence-electron chi connectivity index (χ1n) is 7.44. The summed E-state index contributed by atoms with van der Waals surface area (Å²) in [6.45, 7) is 0.832. The minimum absolute atomic E-state index is 0.0722. The fraction of sp³-hybridized carbons (Fsp3) is 0.267. The molecule has 0 aliphatic carbocycles. The van der Waals surface area contributed by atoms with Gasteiger partial charge in [0.2, 0.25) is 0 Å². The van der Waals surface area contributed by atoms with Crippen LogP contribution in [0.1, 0.15) is 0 Å². The maximum atomic E-state index is 12.2. The summed E-state index contributed by atoms with van der Waals surface area (Å²) in [5.74, 6) is 0.488. The second-order valence-electron chi connectivity index (χ2n) is 5.29. The van der Waals surface area contributed by atoms with E-state index >= 15 is 0 Å². The number of aromatic nitrogens is 1. The van der Waals surface area contributed by atoms with Gasteiger partial charge in [-0.05, 0) is 12.2 Å². The number of sulfonamides is 1. The molecule has 1 amide bonds. The predicted octanol–water partition coefficient (Wildman–Crippen LogP) is 0.728. The van der Waals surface area contributed by atoms with E-state index in [2.05, 4.69) is 14.7 Å². The van der Waals surface area contributed by atoms with Gasteiger partial charge >= 0.3 is 0 Å². The van der Waals surface area contributed by atoms with Crippen LogP contribution in [0.3, 0.4) is 0 Å². The largest absolute Gasteiger partial charge is 0.490 e. The standard InChI is InChI=1S/C15H15ClN4O4S/c16-12-7-13(9-17-8-12)24-5-3-18-15(21)11-1-2-14-19-25(22,23)6-4-20(14)10-11/h1-2,7-10H,3-6H2,(H,18,21). The van der Waals surface area contributed by atoms with Gasteiger partial charge in [0.05, 0.1) is 29.1 Å². The summed E-state index contributed by atoms with van der Waals surface area (Å²) in [6.07, 6.45) is 7.67. The number of hydrogen-bond acceptors (Lipinski definition) is 6. The molecular weight excluding hydrogens is 368 g/mol. The molecule has 2 aliphatic heterocycles. The summed E-state index contributed by atoms with van der Waals surface area (Å²) in [4.78, 5) is 17.7. The zero-order chi connectivity index (χ0) is 17.9. The maximum Gasteiger partial charge on any atom is 0.256 e. The Bertz CT molecular complexity index is 879. The van der Waals surface area contributed by atoms with Crippen molar-refractivity contribution in [2.75, 3.05) is 25.4 Å². The second-order valence-corrected chi connectivity index (χ2v) is 7.48. The molecule has 0 saturated heterocycles. The Balaban J connectivity index is 1.51. The zero-order valence-corrected chi connectivity index (χ0v) is 14.6. The molecule has 0 unspecified atom stereocenters. The molecular formula is C15H15ClN4O4S. The topological polar surface area (TPSA) is 101 Å². The number of amides is 1. The van der Waals surface area contributed by atoms with Crippen LogP contribution in [0.15, 0.2) is 46.8 Å². The van der Waals surface area contributed by atoms with Crippen molar-refractivity contribution < 1.29 is 17.9 Å².